The molecule has 1 N–H and O–H groups in total. The van der Waals surface area contributed by atoms with Crippen LogP contribution in [0.25, 0.3) is 0 Å². The molecule has 0 aliphatic carbocycles. The second kappa shape index (κ2) is 6.60. The van der Waals surface area contributed by atoms with Crippen molar-refractivity contribution in [3.05, 3.63) is 58.1 Å². The van der Waals surface area contributed by atoms with Gasteiger partial charge in [0.2, 0.25) is 11.8 Å². The van der Waals surface area contributed by atoms with E-state index in [-0.39, 0.29) is 12.3 Å². The van der Waals surface area contributed by atoms with Crippen LogP contribution < -0.4 is 10.2 Å². The number of fused-ring (bicyclic) bond motifs is 1. The second-order valence-electron chi connectivity index (χ2n) is 5.25. The van der Waals surface area contributed by atoms with Gasteiger partial charge in [0.05, 0.1) is 15.7 Å². The molecule has 3 rings (SSSR count). The number of halogens is 2. The molecule has 0 spiro atoms. The van der Waals surface area contributed by atoms with Gasteiger partial charge in [-0.25, -0.2) is 0 Å². The van der Waals surface area contributed by atoms with Crippen LogP contribution in [0.5, 0.6) is 0 Å². The molecule has 0 aromatic heterocycles. The second-order valence-corrected chi connectivity index (χ2v) is 6.06. The summed E-state index contributed by atoms with van der Waals surface area (Å²) in [5, 5.41) is 3.28. The molecule has 1 heterocycles. The average molecular weight is 349 g/mol. The van der Waals surface area contributed by atoms with Gasteiger partial charge in [0.25, 0.3) is 0 Å². The number of benzene rings is 2. The van der Waals surface area contributed by atoms with Crippen molar-refractivity contribution in [2.75, 3.05) is 16.8 Å². The molecule has 23 heavy (non-hydrogen) atoms. The van der Waals surface area contributed by atoms with Gasteiger partial charge in [0.1, 0.15) is 6.42 Å². The highest BCUT2D eigenvalue weighted by molar-refractivity contribution is 6.39. The first kappa shape index (κ1) is 15.8. The molecule has 0 radical (unpaired) electrons. The van der Waals surface area contributed by atoms with E-state index in [2.05, 4.69) is 5.32 Å². The molecule has 2 amide bonds. The highest BCUT2D eigenvalue weighted by Crippen LogP contribution is 2.30. The number of hydrogen-bond acceptors (Lipinski definition) is 2. The van der Waals surface area contributed by atoms with Crippen molar-refractivity contribution in [3.8, 4) is 0 Å². The monoisotopic (exact) mass is 348 g/mol. The minimum absolute atomic E-state index is 0.240. The van der Waals surface area contributed by atoms with Gasteiger partial charge in [-0.1, -0.05) is 47.5 Å². The number of anilines is 2. The highest BCUT2D eigenvalue weighted by Gasteiger charge is 2.25. The lowest BCUT2D eigenvalue weighted by Crippen LogP contribution is -2.32. The summed E-state index contributed by atoms with van der Waals surface area (Å²) < 4.78 is 0. The molecule has 2 aromatic rings. The predicted molar refractivity (Wildman–Crippen MR) is 92.2 cm³/mol. The van der Waals surface area contributed by atoms with Crippen molar-refractivity contribution in [2.45, 2.75) is 12.8 Å². The van der Waals surface area contributed by atoms with Crippen LogP contribution in [-0.2, 0) is 16.0 Å². The minimum Gasteiger partial charge on any atom is -0.323 e. The van der Waals surface area contributed by atoms with Crippen LogP contribution in [0.2, 0.25) is 10.0 Å². The van der Waals surface area contributed by atoms with Gasteiger partial charge in [0, 0.05) is 12.2 Å². The normalized spacial score (nSPS) is 12.9. The van der Waals surface area contributed by atoms with E-state index >= 15 is 0 Å². The van der Waals surface area contributed by atoms with Gasteiger partial charge in [-0.3, -0.25) is 9.59 Å². The third-order valence-electron chi connectivity index (χ3n) is 3.73. The summed E-state index contributed by atoms with van der Waals surface area (Å²) in [5.41, 5.74) is 2.33. The fourth-order valence-electron chi connectivity index (χ4n) is 2.63. The van der Waals surface area contributed by atoms with Crippen LogP contribution in [-0.4, -0.2) is 18.4 Å². The Balaban J connectivity index is 1.68. The lowest BCUT2D eigenvalue weighted by atomic mass is 10.2. The molecule has 118 valence electrons. The third kappa shape index (κ3) is 3.33. The molecule has 0 atom stereocenters. The third-order valence-corrected chi connectivity index (χ3v) is 4.36. The minimum atomic E-state index is -0.436. The van der Waals surface area contributed by atoms with Gasteiger partial charge in [-0.15, -0.1) is 0 Å². The zero-order valence-electron chi connectivity index (χ0n) is 12.2. The van der Waals surface area contributed by atoms with E-state index in [1.54, 1.807) is 23.1 Å². The van der Waals surface area contributed by atoms with E-state index < -0.39 is 5.91 Å². The van der Waals surface area contributed by atoms with Gasteiger partial charge < -0.3 is 10.2 Å². The van der Waals surface area contributed by atoms with Crippen LogP contribution in [0.15, 0.2) is 42.5 Å². The Kier molecular flexibility index (Phi) is 4.55. The molecule has 4 nitrogen and oxygen atoms in total. The standard InChI is InChI=1S/C17H14Cl2N2O2/c18-12-5-3-6-13(19)17(12)20-15(22)10-16(23)21-9-8-11-4-1-2-7-14(11)21/h1-7H,8-10H2,(H,20,22). The number of nitrogens with one attached hydrogen (secondary N) is 1. The number of carbonyl (C=O) groups excluding carboxylic acids is 2. The molecule has 0 saturated heterocycles. The van der Waals surface area contributed by atoms with Crippen LogP contribution in [0.3, 0.4) is 0 Å². The maximum atomic E-state index is 12.4. The Bertz CT molecular complexity index is 757. The van der Waals surface area contributed by atoms with Crippen LogP contribution in [0, 0.1) is 0 Å². The number of amides is 2. The number of nitrogens with zero attached hydrogens (tertiary/aromatic N) is 1. The van der Waals surface area contributed by atoms with E-state index in [9.17, 15) is 9.59 Å². The molecule has 2 aromatic carbocycles. The Morgan fingerprint density at radius 1 is 1.04 bits per heavy atom. The van der Waals surface area contributed by atoms with Gasteiger partial charge >= 0.3 is 0 Å². The molecule has 0 saturated carbocycles. The fourth-order valence-corrected chi connectivity index (χ4v) is 3.12. The Labute approximate surface area is 144 Å². The van der Waals surface area contributed by atoms with Gasteiger partial charge in [-0.2, -0.15) is 0 Å². The molecule has 1 aliphatic heterocycles. The number of carbonyl (C=O) groups is 2. The van der Waals surface area contributed by atoms with E-state index in [4.69, 9.17) is 23.2 Å². The molecule has 6 heteroatoms. The first-order chi connectivity index (χ1) is 11.1. The predicted octanol–water partition coefficient (Wildman–Crippen LogP) is 3.91. The topological polar surface area (TPSA) is 49.4 Å². The van der Waals surface area contributed by atoms with E-state index in [1.807, 2.05) is 24.3 Å². The maximum Gasteiger partial charge on any atom is 0.236 e. The summed E-state index contributed by atoms with van der Waals surface area (Å²) in [6.07, 6.45) is 0.551. The van der Waals surface area contributed by atoms with E-state index in [0.717, 1.165) is 17.7 Å². The van der Waals surface area contributed by atoms with Crippen molar-refractivity contribution in [1.29, 1.82) is 0 Å². The smallest absolute Gasteiger partial charge is 0.236 e. The number of rotatable bonds is 3. The Morgan fingerprint density at radius 3 is 2.48 bits per heavy atom. The van der Waals surface area contributed by atoms with Crippen molar-refractivity contribution >= 4 is 46.4 Å². The quantitative estimate of drug-likeness (QED) is 0.854. The highest BCUT2D eigenvalue weighted by atomic mass is 35.5. The Hall–Kier alpha value is -2.04. The summed E-state index contributed by atoms with van der Waals surface area (Å²) in [6.45, 7) is 0.596. The van der Waals surface area contributed by atoms with Crippen molar-refractivity contribution in [3.63, 3.8) is 0 Å². The molecular weight excluding hydrogens is 335 g/mol. The SMILES string of the molecule is O=C(CC(=O)N1CCc2ccccc21)Nc1c(Cl)cccc1Cl. The summed E-state index contributed by atoms with van der Waals surface area (Å²) in [4.78, 5) is 26.1. The van der Waals surface area contributed by atoms with Crippen LogP contribution in [0.1, 0.15) is 12.0 Å². The van der Waals surface area contributed by atoms with Crippen LogP contribution in [0.4, 0.5) is 11.4 Å². The van der Waals surface area contributed by atoms with E-state index in [1.165, 1.54) is 0 Å². The van der Waals surface area contributed by atoms with Gasteiger partial charge in [0.15, 0.2) is 0 Å². The van der Waals surface area contributed by atoms with E-state index in [0.29, 0.717) is 22.3 Å². The van der Waals surface area contributed by atoms with Crippen molar-refractivity contribution in [2.24, 2.45) is 0 Å². The molecular formula is C17H14Cl2N2O2. The number of hydrogen-bond donors (Lipinski definition) is 1. The largest absolute Gasteiger partial charge is 0.323 e. The lowest BCUT2D eigenvalue weighted by Gasteiger charge is -2.17. The summed E-state index contributed by atoms with van der Waals surface area (Å²) in [6, 6.07) is 12.7. The van der Waals surface area contributed by atoms with Crippen molar-refractivity contribution < 1.29 is 9.59 Å². The van der Waals surface area contributed by atoms with Crippen LogP contribution >= 0.6 is 23.2 Å². The Morgan fingerprint density at radius 2 is 1.74 bits per heavy atom. The summed E-state index contributed by atoms with van der Waals surface area (Å²) in [5.74, 6) is -0.676. The number of para-hydroxylation sites is 2. The summed E-state index contributed by atoms with van der Waals surface area (Å²) in [7, 11) is 0. The maximum absolute atomic E-state index is 12.4. The zero-order chi connectivity index (χ0) is 16.4. The first-order valence-corrected chi connectivity index (χ1v) is 7.94. The molecule has 1 aliphatic rings. The van der Waals surface area contributed by atoms with Crippen molar-refractivity contribution in [1.82, 2.24) is 0 Å². The molecule has 0 bridgehead atoms. The average Bonchev–Trinajstić information content (AvgIpc) is 2.95. The first-order valence-electron chi connectivity index (χ1n) is 7.18. The van der Waals surface area contributed by atoms with Gasteiger partial charge in [-0.05, 0) is 30.2 Å². The zero-order valence-corrected chi connectivity index (χ0v) is 13.7. The lowest BCUT2D eigenvalue weighted by molar-refractivity contribution is -0.125. The molecule has 0 fully saturated rings. The molecule has 0 unspecified atom stereocenters. The summed E-state index contributed by atoms with van der Waals surface area (Å²) >= 11 is 12.0. The fraction of sp³-hybridized carbons (Fsp3) is 0.176.